The molecule has 1 fully saturated rings. The fourth-order valence-corrected chi connectivity index (χ4v) is 3.35. The Bertz CT molecular complexity index is 869. The number of hydrogen-bond acceptors (Lipinski definition) is 10. The Kier molecular flexibility index (Phi) is 16.6. The van der Waals surface area contributed by atoms with Gasteiger partial charge < -0.3 is 42.0 Å². The molecule has 0 saturated carbocycles. The summed E-state index contributed by atoms with van der Waals surface area (Å²) in [5.74, 6) is -2.33. The number of carbonyl (C=O) groups is 7. The lowest BCUT2D eigenvalue weighted by molar-refractivity contribution is -0.139. The molecule has 1 atom stereocenters. The Morgan fingerprint density at radius 1 is 0.795 bits per heavy atom. The van der Waals surface area contributed by atoms with E-state index in [1.54, 1.807) is 7.05 Å². The monoisotopic (exact) mass is 556 g/mol. The molecular weight excluding hydrogens is 516 g/mol. The molecule has 39 heavy (non-hydrogen) atoms. The third-order valence-electron chi connectivity index (χ3n) is 5.56. The Morgan fingerprint density at radius 3 is 2.13 bits per heavy atom. The van der Waals surface area contributed by atoms with Crippen molar-refractivity contribution in [3.8, 4) is 0 Å². The van der Waals surface area contributed by atoms with Gasteiger partial charge in [-0.1, -0.05) is 6.42 Å². The number of nitrogens with zero attached hydrogens (tertiary/aromatic N) is 1. The molecule has 1 unspecified atom stereocenters. The lowest BCUT2D eigenvalue weighted by Crippen LogP contribution is -2.43. The fourth-order valence-electron chi connectivity index (χ4n) is 3.35. The van der Waals surface area contributed by atoms with Crippen molar-refractivity contribution in [3.05, 3.63) is 0 Å². The zero-order valence-corrected chi connectivity index (χ0v) is 22.5. The van der Waals surface area contributed by atoms with Crippen LogP contribution in [0.4, 0.5) is 0 Å². The average molecular weight is 557 g/mol. The highest BCUT2D eigenvalue weighted by Crippen LogP contribution is 2.14. The molecule has 0 aromatic carbocycles. The fraction of sp³-hybridized carbons (Fsp3) is 0.696. The van der Waals surface area contributed by atoms with Crippen LogP contribution in [-0.4, -0.2) is 119 Å². The molecule has 1 aliphatic rings. The van der Waals surface area contributed by atoms with Crippen LogP contribution in [0.1, 0.15) is 32.1 Å². The molecule has 7 N–H and O–H groups in total. The van der Waals surface area contributed by atoms with Crippen molar-refractivity contribution in [1.29, 1.82) is 0 Å². The van der Waals surface area contributed by atoms with Crippen LogP contribution in [0.3, 0.4) is 0 Å². The van der Waals surface area contributed by atoms with E-state index in [0.717, 1.165) is 0 Å². The minimum Gasteiger partial charge on any atom is -0.357 e. The first-order valence-electron chi connectivity index (χ1n) is 12.7. The van der Waals surface area contributed by atoms with Gasteiger partial charge in [0.05, 0.1) is 32.1 Å². The van der Waals surface area contributed by atoms with Crippen LogP contribution in [0.25, 0.3) is 0 Å². The SMILES string of the molecule is CNC(=O)COCNC(=O)CNCCNC(=O)CNC(=O)CNC(=O)CCCCCN1C(=O)CC(NC)C1=O. The number of carbonyl (C=O) groups excluding carboxylic acids is 7. The lowest BCUT2D eigenvalue weighted by atomic mass is 10.2. The molecule has 0 spiro atoms. The van der Waals surface area contributed by atoms with Gasteiger partial charge in [-0.05, 0) is 19.9 Å². The molecule has 1 rings (SSSR count). The summed E-state index contributed by atoms with van der Waals surface area (Å²) in [5, 5.41) is 17.9. The van der Waals surface area contributed by atoms with Crippen molar-refractivity contribution in [1.82, 2.24) is 42.1 Å². The quantitative estimate of drug-likeness (QED) is 0.0434. The van der Waals surface area contributed by atoms with E-state index in [9.17, 15) is 33.6 Å². The van der Waals surface area contributed by atoms with Crippen LogP contribution >= 0.6 is 0 Å². The van der Waals surface area contributed by atoms with Gasteiger partial charge in [0.2, 0.25) is 41.4 Å². The normalized spacial score (nSPS) is 14.6. The van der Waals surface area contributed by atoms with Gasteiger partial charge in [0, 0.05) is 33.1 Å². The summed E-state index contributed by atoms with van der Waals surface area (Å²) >= 11 is 0. The maximum Gasteiger partial charge on any atom is 0.246 e. The van der Waals surface area contributed by atoms with Gasteiger partial charge >= 0.3 is 0 Å². The molecular formula is C23H40N8O8. The highest BCUT2D eigenvalue weighted by molar-refractivity contribution is 6.05. The Balaban J connectivity index is 1.99. The summed E-state index contributed by atoms with van der Waals surface area (Å²) in [6.45, 7) is 0.0535. The number of unbranched alkanes of at least 4 members (excludes halogenated alkanes) is 2. The van der Waals surface area contributed by atoms with E-state index in [1.807, 2.05) is 0 Å². The van der Waals surface area contributed by atoms with Crippen molar-refractivity contribution >= 4 is 41.4 Å². The molecule has 1 heterocycles. The van der Waals surface area contributed by atoms with Gasteiger partial charge in [-0.25, -0.2) is 0 Å². The number of imide groups is 1. The first-order chi connectivity index (χ1) is 18.7. The molecule has 1 aliphatic heterocycles. The van der Waals surface area contributed by atoms with Crippen LogP contribution in [0.2, 0.25) is 0 Å². The van der Waals surface area contributed by atoms with Crippen LogP contribution < -0.4 is 37.2 Å². The van der Waals surface area contributed by atoms with Crippen LogP contribution in [0, 0.1) is 0 Å². The Labute approximate surface area is 227 Å². The van der Waals surface area contributed by atoms with Gasteiger partial charge in [-0.15, -0.1) is 0 Å². The summed E-state index contributed by atoms with van der Waals surface area (Å²) in [5.41, 5.74) is 0. The molecule has 0 aromatic rings. The van der Waals surface area contributed by atoms with Crippen molar-refractivity contribution in [3.63, 3.8) is 0 Å². The van der Waals surface area contributed by atoms with Crippen LogP contribution in [0.5, 0.6) is 0 Å². The maximum absolute atomic E-state index is 12.0. The minimum atomic E-state index is -0.517. The second-order valence-corrected chi connectivity index (χ2v) is 8.59. The summed E-state index contributed by atoms with van der Waals surface area (Å²) in [7, 11) is 3.11. The third-order valence-corrected chi connectivity index (χ3v) is 5.56. The zero-order chi connectivity index (χ0) is 29.0. The van der Waals surface area contributed by atoms with E-state index in [2.05, 4.69) is 37.2 Å². The molecule has 1 saturated heterocycles. The standard InChI is InChI=1S/C23H40N8O8/c1-24-16-10-22(37)31(23(16)38)9-5-3-4-6-17(32)28-13-20(35)29-12-19(34)27-8-7-26-11-18(33)30-15-39-14-21(36)25-2/h16,24,26H,3-15H2,1-2H3,(H,25,36)(H,27,34)(H,28,32)(H,29,35)(H,30,33). The summed E-state index contributed by atoms with van der Waals surface area (Å²) < 4.78 is 4.94. The number of likely N-dealkylation sites (tertiary alicyclic amines) is 1. The smallest absolute Gasteiger partial charge is 0.246 e. The minimum absolute atomic E-state index is 0.00940. The van der Waals surface area contributed by atoms with Crippen LogP contribution in [-0.2, 0) is 38.3 Å². The summed E-state index contributed by atoms with van der Waals surface area (Å²) in [6, 6.07) is -0.460. The van der Waals surface area contributed by atoms with Gasteiger partial charge in [0.25, 0.3) is 0 Å². The van der Waals surface area contributed by atoms with Gasteiger partial charge in [-0.2, -0.15) is 0 Å². The molecule has 220 valence electrons. The number of nitrogens with one attached hydrogen (secondary N) is 7. The van der Waals surface area contributed by atoms with Crippen molar-refractivity contribution in [2.45, 2.75) is 38.1 Å². The molecule has 16 nitrogen and oxygen atoms in total. The molecule has 0 aromatic heterocycles. The molecule has 0 aliphatic carbocycles. The molecule has 0 bridgehead atoms. The van der Waals surface area contributed by atoms with Crippen molar-refractivity contribution in [2.24, 2.45) is 0 Å². The number of hydrogen-bond donors (Lipinski definition) is 7. The summed E-state index contributed by atoms with van der Waals surface area (Å²) in [4.78, 5) is 83.2. The molecule has 7 amide bonds. The van der Waals surface area contributed by atoms with E-state index in [4.69, 9.17) is 4.74 Å². The third kappa shape index (κ3) is 14.8. The van der Waals surface area contributed by atoms with E-state index in [1.165, 1.54) is 11.9 Å². The van der Waals surface area contributed by atoms with E-state index < -0.39 is 17.9 Å². The predicted octanol–water partition coefficient (Wildman–Crippen LogP) is -4.33. The zero-order valence-electron chi connectivity index (χ0n) is 22.5. The van der Waals surface area contributed by atoms with Crippen molar-refractivity contribution in [2.75, 3.05) is 66.7 Å². The van der Waals surface area contributed by atoms with Gasteiger partial charge in [0.15, 0.2) is 0 Å². The second-order valence-electron chi connectivity index (χ2n) is 8.59. The number of amides is 7. The number of likely N-dealkylation sites (N-methyl/N-ethyl adjacent to an activating group) is 2. The first-order valence-corrected chi connectivity index (χ1v) is 12.7. The first kappa shape index (κ1) is 33.4. The predicted molar refractivity (Wildman–Crippen MR) is 138 cm³/mol. The highest BCUT2D eigenvalue weighted by Gasteiger charge is 2.36. The molecule has 16 heteroatoms. The Hall–Kier alpha value is -3.63. The number of rotatable bonds is 20. The van der Waals surface area contributed by atoms with Gasteiger partial charge in [-0.3, -0.25) is 38.5 Å². The second kappa shape index (κ2) is 19.4. The van der Waals surface area contributed by atoms with E-state index in [-0.39, 0.29) is 81.9 Å². The van der Waals surface area contributed by atoms with Crippen molar-refractivity contribution < 1.29 is 38.3 Å². The Morgan fingerprint density at radius 2 is 1.46 bits per heavy atom. The lowest BCUT2D eigenvalue weighted by Gasteiger charge is -2.14. The highest BCUT2D eigenvalue weighted by atomic mass is 16.5. The van der Waals surface area contributed by atoms with E-state index in [0.29, 0.717) is 32.4 Å². The largest absolute Gasteiger partial charge is 0.357 e. The van der Waals surface area contributed by atoms with Crippen LogP contribution in [0.15, 0.2) is 0 Å². The number of ether oxygens (including phenoxy) is 1. The molecule has 0 radical (unpaired) electrons. The average Bonchev–Trinajstić information content (AvgIpc) is 3.20. The summed E-state index contributed by atoms with van der Waals surface area (Å²) in [6.07, 6.45) is 2.15. The maximum atomic E-state index is 12.0. The van der Waals surface area contributed by atoms with Gasteiger partial charge in [0.1, 0.15) is 13.3 Å². The topological polar surface area (TPSA) is 216 Å². The van der Waals surface area contributed by atoms with E-state index >= 15 is 0 Å².